The molecule has 24 heavy (non-hydrogen) atoms. The topological polar surface area (TPSA) is 3.24 Å². The quantitative estimate of drug-likeness (QED) is 0.216. The van der Waals surface area contributed by atoms with Gasteiger partial charge in [-0.15, -0.1) is 0 Å². The van der Waals surface area contributed by atoms with E-state index in [1.807, 2.05) is 0 Å². The fourth-order valence-corrected chi connectivity index (χ4v) is 3.76. The van der Waals surface area contributed by atoms with Crippen molar-refractivity contribution in [1.82, 2.24) is 4.90 Å². The minimum Gasteiger partial charge on any atom is -0.306 e. The molecule has 0 heterocycles. The molecule has 0 aliphatic rings. The van der Waals surface area contributed by atoms with Crippen LogP contribution in [0.25, 0.3) is 0 Å². The second-order valence-electron chi connectivity index (χ2n) is 8.12. The van der Waals surface area contributed by atoms with E-state index in [0.717, 1.165) is 6.04 Å². The van der Waals surface area contributed by atoms with Crippen LogP contribution in [0.4, 0.5) is 0 Å². The second kappa shape index (κ2) is 19.3. The highest BCUT2D eigenvalue weighted by Gasteiger charge is 2.07. The summed E-state index contributed by atoms with van der Waals surface area (Å²) in [5.41, 5.74) is 0. The molecule has 0 amide bonds. The van der Waals surface area contributed by atoms with Crippen LogP contribution in [0.5, 0.6) is 0 Å². The molecule has 0 rings (SSSR count). The van der Waals surface area contributed by atoms with E-state index >= 15 is 0 Å². The molecule has 0 bridgehead atoms. The monoisotopic (exact) mass is 339 g/mol. The van der Waals surface area contributed by atoms with Crippen LogP contribution in [0.1, 0.15) is 129 Å². The van der Waals surface area contributed by atoms with Crippen LogP contribution in [0.3, 0.4) is 0 Å². The van der Waals surface area contributed by atoms with Crippen molar-refractivity contribution in [3.8, 4) is 0 Å². The van der Waals surface area contributed by atoms with E-state index in [9.17, 15) is 0 Å². The lowest BCUT2D eigenvalue weighted by Gasteiger charge is -2.22. The van der Waals surface area contributed by atoms with Crippen LogP contribution in [0.15, 0.2) is 0 Å². The predicted octanol–water partition coefficient (Wildman–Crippen LogP) is 7.98. The summed E-state index contributed by atoms with van der Waals surface area (Å²) in [4.78, 5) is 2.39. The fourth-order valence-electron chi connectivity index (χ4n) is 3.76. The molecule has 1 heteroatoms. The minimum atomic E-state index is 0.802. The first-order chi connectivity index (χ1) is 11.7. The van der Waals surface area contributed by atoms with E-state index in [-0.39, 0.29) is 0 Å². The average Bonchev–Trinajstić information content (AvgIpc) is 2.57. The Hall–Kier alpha value is -0.0400. The highest BCUT2D eigenvalue weighted by Crippen LogP contribution is 2.15. The molecule has 146 valence electrons. The molecule has 0 saturated heterocycles. The number of nitrogens with zero attached hydrogens (tertiary/aromatic N) is 1. The largest absolute Gasteiger partial charge is 0.306 e. The van der Waals surface area contributed by atoms with Gasteiger partial charge in [-0.25, -0.2) is 0 Å². The molecule has 0 aromatic heterocycles. The van der Waals surface area contributed by atoms with Crippen molar-refractivity contribution >= 4 is 0 Å². The molecular formula is C23H49N. The van der Waals surface area contributed by atoms with Crippen molar-refractivity contribution in [2.75, 3.05) is 14.1 Å². The van der Waals surface area contributed by atoms with Gasteiger partial charge in [0.25, 0.3) is 0 Å². The van der Waals surface area contributed by atoms with Crippen molar-refractivity contribution in [3.63, 3.8) is 0 Å². The molecular weight excluding hydrogens is 290 g/mol. The van der Waals surface area contributed by atoms with Crippen molar-refractivity contribution in [2.24, 2.45) is 0 Å². The van der Waals surface area contributed by atoms with E-state index in [1.54, 1.807) is 0 Å². The molecule has 1 atom stereocenters. The van der Waals surface area contributed by atoms with Gasteiger partial charge in [0, 0.05) is 6.04 Å². The third-order valence-electron chi connectivity index (χ3n) is 5.59. The van der Waals surface area contributed by atoms with Gasteiger partial charge in [-0.3, -0.25) is 0 Å². The first kappa shape index (κ1) is 24.0. The highest BCUT2D eigenvalue weighted by molar-refractivity contribution is 4.63. The van der Waals surface area contributed by atoms with Crippen LogP contribution in [-0.2, 0) is 0 Å². The molecule has 0 spiro atoms. The summed E-state index contributed by atoms with van der Waals surface area (Å²) in [5, 5.41) is 0. The fraction of sp³-hybridized carbons (Fsp3) is 1.00. The van der Waals surface area contributed by atoms with Crippen LogP contribution in [-0.4, -0.2) is 25.0 Å². The Kier molecular flexibility index (Phi) is 19.3. The van der Waals surface area contributed by atoms with Gasteiger partial charge in [-0.2, -0.15) is 0 Å². The lowest BCUT2D eigenvalue weighted by molar-refractivity contribution is 0.264. The van der Waals surface area contributed by atoms with Crippen molar-refractivity contribution in [2.45, 2.75) is 135 Å². The van der Waals surface area contributed by atoms with Gasteiger partial charge >= 0.3 is 0 Å². The van der Waals surface area contributed by atoms with Gasteiger partial charge in [0.15, 0.2) is 0 Å². The smallest absolute Gasteiger partial charge is 0.00865 e. The van der Waals surface area contributed by atoms with E-state index in [4.69, 9.17) is 0 Å². The van der Waals surface area contributed by atoms with E-state index in [2.05, 4.69) is 32.8 Å². The van der Waals surface area contributed by atoms with Gasteiger partial charge in [-0.1, -0.05) is 117 Å². The summed E-state index contributed by atoms with van der Waals surface area (Å²) in [5.74, 6) is 0. The van der Waals surface area contributed by atoms with Crippen LogP contribution < -0.4 is 0 Å². The van der Waals surface area contributed by atoms with Gasteiger partial charge in [0.1, 0.15) is 0 Å². The molecule has 0 aromatic carbocycles. The Morgan fingerprint density at radius 3 is 1.12 bits per heavy atom. The summed E-state index contributed by atoms with van der Waals surface area (Å²) in [6, 6.07) is 0.802. The van der Waals surface area contributed by atoms with Gasteiger partial charge < -0.3 is 4.90 Å². The number of unbranched alkanes of at least 4 members (excludes halogenated alkanes) is 15. The van der Waals surface area contributed by atoms with Crippen molar-refractivity contribution in [3.05, 3.63) is 0 Å². The zero-order chi connectivity index (χ0) is 17.9. The summed E-state index contributed by atoms with van der Waals surface area (Å²) < 4.78 is 0. The predicted molar refractivity (Wildman–Crippen MR) is 112 cm³/mol. The van der Waals surface area contributed by atoms with Gasteiger partial charge in [0.2, 0.25) is 0 Å². The summed E-state index contributed by atoms with van der Waals surface area (Å²) in [6.07, 6.45) is 26.1. The average molecular weight is 340 g/mol. The number of hydrogen-bond acceptors (Lipinski definition) is 1. The maximum absolute atomic E-state index is 2.39. The van der Waals surface area contributed by atoms with Gasteiger partial charge in [-0.05, 0) is 26.9 Å². The Morgan fingerprint density at radius 1 is 0.500 bits per heavy atom. The van der Waals surface area contributed by atoms with Crippen LogP contribution in [0, 0.1) is 0 Å². The van der Waals surface area contributed by atoms with Crippen molar-refractivity contribution in [1.29, 1.82) is 0 Å². The highest BCUT2D eigenvalue weighted by atomic mass is 15.1. The Labute approximate surface area is 155 Å². The lowest BCUT2D eigenvalue weighted by Crippen LogP contribution is -2.26. The maximum Gasteiger partial charge on any atom is 0.00865 e. The molecule has 0 aliphatic heterocycles. The SMILES string of the molecule is CCCCCCCCCCCCCCCCCCC(CC)N(C)C. The zero-order valence-corrected chi connectivity index (χ0v) is 17.8. The number of rotatable bonds is 19. The molecule has 0 fully saturated rings. The molecule has 1 nitrogen and oxygen atoms in total. The normalized spacial score (nSPS) is 12.9. The van der Waals surface area contributed by atoms with E-state index in [1.165, 1.54) is 116 Å². The van der Waals surface area contributed by atoms with Gasteiger partial charge in [0.05, 0.1) is 0 Å². The molecule has 0 aromatic rings. The standard InChI is InChI=1S/C23H49N/c1-5-7-8-9-10-11-12-13-14-15-16-17-18-19-20-21-22-23(6-2)24(3)4/h23H,5-22H2,1-4H3. The molecule has 0 N–H and O–H groups in total. The summed E-state index contributed by atoms with van der Waals surface area (Å²) >= 11 is 0. The van der Waals surface area contributed by atoms with Crippen LogP contribution in [0.2, 0.25) is 0 Å². The number of hydrogen-bond donors (Lipinski definition) is 0. The maximum atomic E-state index is 2.39. The zero-order valence-electron chi connectivity index (χ0n) is 17.8. The lowest BCUT2D eigenvalue weighted by atomic mass is 10.0. The summed E-state index contributed by atoms with van der Waals surface area (Å²) in [6.45, 7) is 4.62. The molecule has 0 radical (unpaired) electrons. The summed E-state index contributed by atoms with van der Waals surface area (Å²) in [7, 11) is 4.45. The van der Waals surface area contributed by atoms with E-state index in [0.29, 0.717) is 0 Å². The van der Waals surface area contributed by atoms with E-state index < -0.39 is 0 Å². The Bertz CT molecular complexity index is 224. The van der Waals surface area contributed by atoms with Crippen molar-refractivity contribution < 1.29 is 0 Å². The molecule has 0 aliphatic carbocycles. The molecule has 0 saturated carbocycles. The first-order valence-corrected chi connectivity index (χ1v) is 11.4. The minimum absolute atomic E-state index is 0.802. The second-order valence-corrected chi connectivity index (χ2v) is 8.12. The molecule has 1 unspecified atom stereocenters. The Morgan fingerprint density at radius 2 is 0.833 bits per heavy atom. The first-order valence-electron chi connectivity index (χ1n) is 11.4. The Balaban J connectivity index is 3.10. The third kappa shape index (κ3) is 16.8. The van der Waals surface area contributed by atoms with Crippen LogP contribution >= 0.6 is 0 Å². The third-order valence-corrected chi connectivity index (χ3v) is 5.59.